The summed E-state index contributed by atoms with van der Waals surface area (Å²) in [6.45, 7) is 1.92. The summed E-state index contributed by atoms with van der Waals surface area (Å²) in [7, 11) is 0. The Morgan fingerprint density at radius 3 is 2.70 bits per heavy atom. The van der Waals surface area contributed by atoms with Crippen LogP contribution in [0, 0.1) is 11.6 Å². The summed E-state index contributed by atoms with van der Waals surface area (Å²) < 4.78 is 32.2. The van der Waals surface area contributed by atoms with E-state index in [2.05, 4.69) is 4.98 Å². The van der Waals surface area contributed by atoms with Gasteiger partial charge in [-0.25, -0.2) is 8.78 Å². The zero-order valence-corrected chi connectivity index (χ0v) is 11.1. The normalized spacial score (nSPS) is 13.8. The lowest BCUT2D eigenvalue weighted by molar-refractivity contribution is 0.163. The molecule has 0 saturated carbocycles. The molecule has 2 aromatic rings. The van der Waals surface area contributed by atoms with Gasteiger partial charge in [-0.1, -0.05) is 13.0 Å². The highest BCUT2D eigenvalue weighted by atomic mass is 19.1. The lowest BCUT2D eigenvalue weighted by atomic mass is 10.0. The lowest BCUT2D eigenvalue weighted by Crippen LogP contribution is -2.31. The Balaban J connectivity index is 2.29. The van der Waals surface area contributed by atoms with E-state index in [1.54, 1.807) is 18.5 Å². The van der Waals surface area contributed by atoms with E-state index in [1.165, 1.54) is 6.07 Å². The molecule has 2 unspecified atom stereocenters. The zero-order valence-electron chi connectivity index (χ0n) is 11.1. The maximum atomic E-state index is 13.7. The first-order chi connectivity index (χ1) is 9.61. The van der Waals surface area contributed by atoms with Crippen LogP contribution >= 0.6 is 0 Å². The number of halogens is 2. The Hall–Kier alpha value is -2.01. The molecule has 20 heavy (non-hydrogen) atoms. The molecule has 5 heteroatoms. The van der Waals surface area contributed by atoms with E-state index < -0.39 is 17.7 Å². The molecule has 0 amide bonds. The third-order valence-corrected chi connectivity index (χ3v) is 3.02. The van der Waals surface area contributed by atoms with Crippen LogP contribution in [-0.2, 0) is 0 Å². The minimum atomic E-state index is -0.748. The molecule has 1 heterocycles. The summed E-state index contributed by atoms with van der Waals surface area (Å²) in [6.07, 6.45) is 3.38. The van der Waals surface area contributed by atoms with Gasteiger partial charge in [-0.3, -0.25) is 4.98 Å². The number of nitrogens with zero attached hydrogens (tertiary/aromatic N) is 1. The molecule has 2 rings (SSSR count). The number of benzene rings is 1. The molecule has 0 fully saturated rings. The molecular formula is C15H16F2N2O. The first kappa shape index (κ1) is 14.4. The average molecular weight is 278 g/mol. The van der Waals surface area contributed by atoms with Crippen molar-refractivity contribution in [2.24, 2.45) is 5.73 Å². The van der Waals surface area contributed by atoms with Crippen molar-refractivity contribution in [2.75, 3.05) is 0 Å². The summed E-state index contributed by atoms with van der Waals surface area (Å²) in [6, 6.07) is 6.45. The Kier molecular flexibility index (Phi) is 4.63. The number of aromatic nitrogens is 1. The first-order valence-corrected chi connectivity index (χ1v) is 6.39. The number of ether oxygens (including phenoxy) is 1. The second kappa shape index (κ2) is 6.43. The molecule has 2 N–H and O–H groups in total. The largest absolute Gasteiger partial charge is 0.481 e. The summed E-state index contributed by atoms with van der Waals surface area (Å²) in [4.78, 5) is 4.01. The number of rotatable bonds is 5. The van der Waals surface area contributed by atoms with E-state index in [0.29, 0.717) is 6.42 Å². The summed E-state index contributed by atoms with van der Waals surface area (Å²) in [5.74, 6) is -1.42. The maximum Gasteiger partial charge on any atom is 0.168 e. The van der Waals surface area contributed by atoms with Gasteiger partial charge in [0.2, 0.25) is 0 Å². The van der Waals surface area contributed by atoms with Crippen molar-refractivity contribution < 1.29 is 13.5 Å². The highest BCUT2D eigenvalue weighted by Crippen LogP contribution is 2.27. The van der Waals surface area contributed by atoms with Crippen molar-refractivity contribution in [3.05, 3.63) is 59.9 Å². The fraction of sp³-hybridized carbons (Fsp3) is 0.267. The third kappa shape index (κ3) is 3.30. The molecule has 1 aromatic carbocycles. The molecule has 2 atom stereocenters. The quantitative estimate of drug-likeness (QED) is 0.913. The number of hydrogen-bond acceptors (Lipinski definition) is 3. The van der Waals surface area contributed by atoms with Gasteiger partial charge >= 0.3 is 0 Å². The molecule has 0 spiro atoms. The van der Waals surface area contributed by atoms with E-state index >= 15 is 0 Å². The van der Waals surface area contributed by atoms with Crippen LogP contribution in [0.2, 0.25) is 0 Å². The van der Waals surface area contributed by atoms with Crippen LogP contribution in [0.4, 0.5) is 8.78 Å². The number of hydrogen-bond donors (Lipinski definition) is 1. The van der Waals surface area contributed by atoms with Crippen LogP contribution < -0.4 is 10.5 Å². The Bertz CT molecular complexity index is 563. The summed E-state index contributed by atoms with van der Waals surface area (Å²) in [5, 5.41) is 0. The van der Waals surface area contributed by atoms with Crippen molar-refractivity contribution in [1.29, 1.82) is 0 Å². The molecule has 0 bridgehead atoms. The van der Waals surface area contributed by atoms with Crippen LogP contribution in [0.5, 0.6) is 5.75 Å². The SMILES string of the molecule is CCC(N)C(Oc1ccc(F)cc1F)c1cccnc1. The fourth-order valence-corrected chi connectivity index (χ4v) is 1.87. The van der Waals surface area contributed by atoms with E-state index in [9.17, 15) is 8.78 Å². The molecule has 1 aromatic heterocycles. The molecule has 0 aliphatic carbocycles. The van der Waals surface area contributed by atoms with Gasteiger partial charge < -0.3 is 10.5 Å². The van der Waals surface area contributed by atoms with Gasteiger partial charge in [0.1, 0.15) is 11.9 Å². The van der Waals surface area contributed by atoms with Crippen LogP contribution in [0.3, 0.4) is 0 Å². The topological polar surface area (TPSA) is 48.1 Å². The van der Waals surface area contributed by atoms with Crippen molar-refractivity contribution in [1.82, 2.24) is 4.98 Å². The maximum absolute atomic E-state index is 13.7. The van der Waals surface area contributed by atoms with E-state index in [-0.39, 0.29) is 11.8 Å². The second-order valence-electron chi connectivity index (χ2n) is 4.47. The van der Waals surface area contributed by atoms with E-state index in [4.69, 9.17) is 10.5 Å². The zero-order chi connectivity index (χ0) is 14.5. The van der Waals surface area contributed by atoms with Gasteiger partial charge in [0.25, 0.3) is 0 Å². The molecule has 3 nitrogen and oxygen atoms in total. The Morgan fingerprint density at radius 2 is 2.10 bits per heavy atom. The molecule has 0 aliphatic rings. The molecule has 0 saturated heterocycles. The highest BCUT2D eigenvalue weighted by molar-refractivity contribution is 5.26. The smallest absolute Gasteiger partial charge is 0.168 e. The molecular weight excluding hydrogens is 262 g/mol. The van der Waals surface area contributed by atoms with Crippen molar-refractivity contribution >= 4 is 0 Å². The fourth-order valence-electron chi connectivity index (χ4n) is 1.87. The first-order valence-electron chi connectivity index (χ1n) is 6.39. The van der Waals surface area contributed by atoms with Crippen LogP contribution in [0.15, 0.2) is 42.7 Å². The van der Waals surface area contributed by atoms with Gasteiger partial charge in [-0.2, -0.15) is 0 Å². The highest BCUT2D eigenvalue weighted by Gasteiger charge is 2.22. The Labute approximate surface area is 116 Å². The standard InChI is InChI=1S/C15H16F2N2O/c1-2-13(18)15(10-4-3-7-19-9-10)20-14-6-5-11(16)8-12(14)17/h3-9,13,15H,2,18H2,1H3. The van der Waals surface area contributed by atoms with Gasteiger partial charge in [-0.15, -0.1) is 0 Å². The second-order valence-corrected chi connectivity index (χ2v) is 4.47. The monoisotopic (exact) mass is 278 g/mol. The summed E-state index contributed by atoms with van der Waals surface area (Å²) >= 11 is 0. The third-order valence-electron chi connectivity index (χ3n) is 3.02. The predicted molar refractivity (Wildman–Crippen MR) is 72.2 cm³/mol. The minimum absolute atomic E-state index is 0.0239. The lowest BCUT2D eigenvalue weighted by Gasteiger charge is -2.24. The molecule has 106 valence electrons. The van der Waals surface area contributed by atoms with Crippen LogP contribution in [0.1, 0.15) is 25.0 Å². The number of nitrogens with two attached hydrogens (primary N) is 1. The average Bonchev–Trinajstić information content (AvgIpc) is 2.46. The Morgan fingerprint density at radius 1 is 1.30 bits per heavy atom. The molecule has 0 radical (unpaired) electrons. The van der Waals surface area contributed by atoms with Gasteiger partial charge in [0, 0.05) is 30.1 Å². The minimum Gasteiger partial charge on any atom is -0.481 e. The van der Waals surface area contributed by atoms with E-state index in [1.807, 2.05) is 13.0 Å². The van der Waals surface area contributed by atoms with E-state index in [0.717, 1.165) is 17.7 Å². The van der Waals surface area contributed by atoms with Crippen molar-refractivity contribution in [2.45, 2.75) is 25.5 Å². The van der Waals surface area contributed by atoms with Crippen LogP contribution in [-0.4, -0.2) is 11.0 Å². The molecule has 0 aliphatic heterocycles. The van der Waals surface area contributed by atoms with Crippen molar-refractivity contribution in [3.8, 4) is 5.75 Å². The van der Waals surface area contributed by atoms with Crippen molar-refractivity contribution in [3.63, 3.8) is 0 Å². The predicted octanol–water partition coefficient (Wildman–Crippen LogP) is 3.22. The van der Waals surface area contributed by atoms with Gasteiger partial charge in [0.05, 0.1) is 0 Å². The summed E-state index contributed by atoms with van der Waals surface area (Å²) in [5.41, 5.74) is 6.78. The van der Waals surface area contributed by atoms with Gasteiger partial charge in [-0.05, 0) is 24.6 Å². The van der Waals surface area contributed by atoms with Gasteiger partial charge in [0.15, 0.2) is 11.6 Å². The number of pyridine rings is 1. The van der Waals surface area contributed by atoms with Crippen LogP contribution in [0.25, 0.3) is 0 Å².